The second-order valence-electron chi connectivity index (χ2n) is 5.82. The van der Waals surface area contributed by atoms with Crippen LogP contribution in [0.3, 0.4) is 0 Å². The third-order valence-corrected chi connectivity index (χ3v) is 3.99. The van der Waals surface area contributed by atoms with Crippen LogP contribution < -0.4 is 0 Å². The zero-order valence-corrected chi connectivity index (χ0v) is 13.4. The standard InChI is InChI=1S/C22H17NO/c1-16-11-14-21-20(15-16)23-22(24-21)19-10-6-5-9-18(19)13-12-17-7-3-2-4-8-17/h2-15H,1H3. The van der Waals surface area contributed by atoms with Gasteiger partial charge in [-0.25, -0.2) is 4.98 Å². The van der Waals surface area contributed by atoms with Gasteiger partial charge in [0, 0.05) is 5.56 Å². The molecule has 0 fully saturated rings. The molecule has 4 aromatic rings. The van der Waals surface area contributed by atoms with E-state index < -0.39 is 0 Å². The van der Waals surface area contributed by atoms with E-state index in [2.05, 4.69) is 42.3 Å². The Morgan fingerprint density at radius 2 is 1.62 bits per heavy atom. The molecule has 0 aliphatic heterocycles. The van der Waals surface area contributed by atoms with Crippen LogP contribution in [0.5, 0.6) is 0 Å². The van der Waals surface area contributed by atoms with Crippen LogP contribution in [0, 0.1) is 6.92 Å². The number of nitrogens with zero attached hydrogens (tertiary/aromatic N) is 1. The van der Waals surface area contributed by atoms with E-state index in [0.717, 1.165) is 22.2 Å². The first-order valence-corrected chi connectivity index (χ1v) is 7.99. The number of oxazole rings is 1. The van der Waals surface area contributed by atoms with Gasteiger partial charge in [0.1, 0.15) is 5.52 Å². The van der Waals surface area contributed by atoms with Gasteiger partial charge in [0.05, 0.1) is 0 Å². The molecule has 0 saturated carbocycles. The van der Waals surface area contributed by atoms with Gasteiger partial charge in [-0.1, -0.05) is 66.7 Å². The highest BCUT2D eigenvalue weighted by molar-refractivity contribution is 5.82. The van der Waals surface area contributed by atoms with Crippen LogP contribution in [0.15, 0.2) is 77.2 Å². The lowest BCUT2D eigenvalue weighted by atomic mass is 10.1. The fourth-order valence-electron chi connectivity index (χ4n) is 2.74. The summed E-state index contributed by atoms with van der Waals surface area (Å²) in [5.74, 6) is 0.656. The zero-order chi connectivity index (χ0) is 16.4. The molecule has 116 valence electrons. The fourth-order valence-corrected chi connectivity index (χ4v) is 2.74. The first-order chi connectivity index (χ1) is 11.8. The zero-order valence-electron chi connectivity index (χ0n) is 13.4. The first kappa shape index (κ1) is 14.5. The van der Waals surface area contributed by atoms with Crippen molar-refractivity contribution < 1.29 is 4.42 Å². The van der Waals surface area contributed by atoms with Gasteiger partial charge in [0.2, 0.25) is 5.89 Å². The van der Waals surface area contributed by atoms with Gasteiger partial charge in [0.25, 0.3) is 0 Å². The molecule has 0 radical (unpaired) electrons. The maximum absolute atomic E-state index is 5.96. The van der Waals surface area contributed by atoms with Crippen molar-refractivity contribution in [3.8, 4) is 11.5 Å². The summed E-state index contributed by atoms with van der Waals surface area (Å²) in [7, 11) is 0. The highest BCUT2D eigenvalue weighted by Crippen LogP contribution is 2.28. The second-order valence-corrected chi connectivity index (χ2v) is 5.82. The Kier molecular flexibility index (Phi) is 3.72. The summed E-state index contributed by atoms with van der Waals surface area (Å²) >= 11 is 0. The molecule has 0 atom stereocenters. The Labute approximate surface area is 141 Å². The predicted octanol–water partition coefficient (Wildman–Crippen LogP) is 5.97. The van der Waals surface area contributed by atoms with Crippen molar-refractivity contribution in [2.24, 2.45) is 0 Å². The molecule has 2 heteroatoms. The van der Waals surface area contributed by atoms with E-state index in [1.165, 1.54) is 11.1 Å². The topological polar surface area (TPSA) is 26.0 Å². The van der Waals surface area contributed by atoms with Crippen LogP contribution in [-0.2, 0) is 0 Å². The second kappa shape index (κ2) is 6.17. The molecule has 0 spiro atoms. The van der Waals surface area contributed by atoms with Crippen LogP contribution in [0.25, 0.3) is 34.7 Å². The molecule has 0 saturated heterocycles. The number of hydrogen-bond donors (Lipinski definition) is 0. The van der Waals surface area contributed by atoms with Gasteiger partial charge in [-0.3, -0.25) is 0 Å². The average Bonchev–Trinajstić information content (AvgIpc) is 3.04. The number of aryl methyl sites for hydroxylation is 1. The molecular weight excluding hydrogens is 294 g/mol. The predicted molar refractivity (Wildman–Crippen MR) is 99.6 cm³/mol. The Morgan fingerprint density at radius 3 is 2.50 bits per heavy atom. The van der Waals surface area contributed by atoms with E-state index in [1.807, 2.05) is 54.6 Å². The fraction of sp³-hybridized carbons (Fsp3) is 0.0455. The summed E-state index contributed by atoms with van der Waals surface area (Å²) in [6.45, 7) is 2.06. The summed E-state index contributed by atoms with van der Waals surface area (Å²) in [6, 6.07) is 24.5. The van der Waals surface area contributed by atoms with Crippen molar-refractivity contribution in [1.82, 2.24) is 4.98 Å². The number of hydrogen-bond acceptors (Lipinski definition) is 2. The molecule has 0 aliphatic rings. The van der Waals surface area contributed by atoms with E-state index in [4.69, 9.17) is 4.42 Å². The molecule has 0 amide bonds. The van der Waals surface area contributed by atoms with Crippen LogP contribution in [-0.4, -0.2) is 4.98 Å². The van der Waals surface area contributed by atoms with E-state index in [-0.39, 0.29) is 0 Å². The maximum Gasteiger partial charge on any atom is 0.227 e. The quantitative estimate of drug-likeness (QED) is 0.435. The van der Waals surface area contributed by atoms with Crippen molar-refractivity contribution in [2.45, 2.75) is 6.92 Å². The average molecular weight is 311 g/mol. The molecule has 24 heavy (non-hydrogen) atoms. The van der Waals surface area contributed by atoms with Crippen molar-refractivity contribution in [1.29, 1.82) is 0 Å². The van der Waals surface area contributed by atoms with Gasteiger partial charge in [-0.2, -0.15) is 0 Å². The van der Waals surface area contributed by atoms with Gasteiger partial charge in [-0.05, 0) is 41.8 Å². The number of rotatable bonds is 3. The molecule has 0 unspecified atom stereocenters. The summed E-state index contributed by atoms with van der Waals surface area (Å²) in [6.07, 6.45) is 4.20. The molecule has 0 aliphatic carbocycles. The molecule has 1 aromatic heterocycles. The minimum atomic E-state index is 0.656. The van der Waals surface area contributed by atoms with Crippen LogP contribution in [0.1, 0.15) is 16.7 Å². The summed E-state index contributed by atoms with van der Waals surface area (Å²) in [4.78, 5) is 4.66. The van der Waals surface area contributed by atoms with E-state index in [9.17, 15) is 0 Å². The summed E-state index contributed by atoms with van der Waals surface area (Å²) < 4.78 is 5.96. The highest BCUT2D eigenvalue weighted by atomic mass is 16.3. The normalized spacial score (nSPS) is 11.4. The van der Waals surface area contributed by atoms with Gasteiger partial charge in [0.15, 0.2) is 5.58 Å². The van der Waals surface area contributed by atoms with Crippen molar-refractivity contribution in [3.05, 3.63) is 89.5 Å². The third-order valence-electron chi connectivity index (χ3n) is 3.99. The molecule has 3 aromatic carbocycles. The van der Waals surface area contributed by atoms with Crippen LogP contribution >= 0.6 is 0 Å². The van der Waals surface area contributed by atoms with Crippen molar-refractivity contribution in [3.63, 3.8) is 0 Å². The SMILES string of the molecule is Cc1ccc2oc(-c3ccccc3C=Cc3ccccc3)nc2c1. The third kappa shape index (κ3) is 2.86. The molecule has 0 N–H and O–H groups in total. The minimum absolute atomic E-state index is 0.656. The van der Waals surface area contributed by atoms with Crippen molar-refractivity contribution >= 4 is 23.3 Å². The summed E-state index contributed by atoms with van der Waals surface area (Å²) in [5, 5.41) is 0. The van der Waals surface area contributed by atoms with E-state index >= 15 is 0 Å². The Morgan fingerprint density at radius 1 is 0.833 bits per heavy atom. The summed E-state index contributed by atoms with van der Waals surface area (Å²) in [5.41, 5.74) is 6.15. The monoisotopic (exact) mass is 311 g/mol. The Balaban J connectivity index is 1.76. The van der Waals surface area contributed by atoms with E-state index in [1.54, 1.807) is 0 Å². The van der Waals surface area contributed by atoms with Crippen LogP contribution in [0.4, 0.5) is 0 Å². The molecule has 1 heterocycles. The Bertz CT molecular complexity index is 1010. The van der Waals surface area contributed by atoms with Gasteiger partial charge in [-0.15, -0.1) is 0 Å². The van der Waals surface area contributed by atoms with Crippen LogP contribution in [0.2, 0.25) is 0 Å². The highest BCUT2D eigenvalue weighted by Gasteiger charge is 2.10. The number of aromatic nitrogens is 1. The molecule has 0 bridgehead atoms. The Hall–Kier alpha value is -3.13. The largest absolute Gasteiger partial charge is 0.436 e. The smallest absolute Gasteiger partial charge is 0.227 e. The van der Waals surface area contributed by atoms with Crippen molar-refractivity contribution in [2.75, 3.05) is 0 Å². The minimum Gasteiger partial charge on any atom is -0.436 e. The molecule has 2 nitrogen and oxygen atoms in total. The lowest BCUT2D eigenvalue weighted by Gasteiger charge is -2.01. The first-order valence-electron chi connectivity index (χ1n) is 7.99. The molecular formula is C22H17NO. The lowest BCUT2D eigenvalue weighted by molar-refractivity contribution is 0.619. The van der Waals surface area contributed by atoms with Gasteiger partial charge < -0.3 is 4.42 Å². The number of benzene rings is 3. The van der Waals surface area contributed by atoms with E-state index in [0.29, 0.717) is 5.89 Å². The van der Waals surface area contributed by atoms with Gasteiger partial charge >= 0.3 is 0 Å². The number of fused-ring (bicyclic) bond motifs is 1. The molecule has 4 rings (SSSR count). The lowest BCUT2D eigenvalue weighted by Crippen LogP contribution is -1.82. The maximum atomic E-state index is 5.96.